The number of rotatable bonds is 3. The highest BCUT2D eigenvalue weighted by Gasteiger charge is 2.07. The van der Waals surface area contributed by atoms with Crippen molar-refractivity contribution in [2.24, 2.45) is 5.73 Å². The molecule has 0 aliphatic carbocycles. The minimum atomic E-state index is 0.597. The fourth-order valence-corrected chi connectivity index (χ4v) is 1.51. The molecule has 2 rings (SSSR count). The Kier molecular flexibility index (Phi) is 2.83. The number of aromatic nitrogens is 1. The number of hydrogen-bond donors (Lipinski definition) is 1. The molecule has 0 spiro atoms. The Morgan fingerprint density at radius 3 is 2.87 bits per heavy atom. The lowest BCUT2D eigenvalue weighted by molar-refractivity contribution is 0.572. The molecule has 0 saturated heterocycles. The Morgan fingerprint density at radius 2 is 2.13 bits per heavy atom. The van der Waals surface area contributed by atoms with Crippen LogP contribution in [0, 0.1) is 6.92 Å². The second-order valence-electron chi connectivity index (χ2n) is 3.50. The van der Waals surface area contributed by atoms with Crippen molar-refractivity contribution in [1.82, 2.24) is 4.98 Å². The quantitative estimate of drug-likeness (QED) is 0.829. The van der Waals surface area contributed by atoms with Crippen LogP contribution in [0.25, 0.3) is 11.5 Å². The van der Waals surface area contributed by atoms with E-state index in [1.165, 1.54) is 5.56 Å². The minimum absolute atomic E-state index is 0.597. The summed E-state index contributed by atoms with van der Waals surface area (Å²) in [6.45, 7) is 2.64. The summed E-state index contributed by atoms with van der Waals surface area (Å²) in [5.41, 5.74) is 8.58. The van der Waals surface area contributed by atoms with Crippen LogP contribution in [0.5, 0.6) is 0 Å². The Hall–Kier alpha value is -1.61. The van der Waals surface area contributed by atoms with Gasteiger partial charge in [0.2, 0.25) is 5.89 Å². The predicted molar refractivity (Wildman–Crippen MR) is 59.4 cm³/mol. The summed E-state index contributed by atoms with van der Waals surface area (Å²) in [6.07, 6.45) is 2.43. The zero-order valence-corrected chi connectivity index (χ0v) is 8.73. The number of hydrogen-bond acceptors (Lipinski definition) is 3. The molecule has 0 fully saturated rings. The van der Waals surface area contributed by atoms with Crippen LogP contribution in [0.4, 0.5) is 0 Å². The molecule has 0 aliphatic heterocycles. The van der Waals surface area contributed by atoms with E-state index in [1.54, 1.807) is 6.26 Å². The highest BCUT2D eigenvalue weighted by atomic mass is 16.3. The largest absolute Gasteiger partial charge is 0.444 e. The van der Waals surface area contributed by atoms with Gasteiger partial charge in [-0.3, -0.25) is 0 Å². The third-order valence-electron chi connectivity index (χ3n) is 2.33. The fourth-order valence-electron chi connectivity index (χ4n) is 1.51. The second kappa shape index (κ2) is 4.28. The molecular formula is C12H14N2O. The number of oxazole rings is 1. The molecule has 78 valence electrons. The van der Waals surface area contributed by atoms with Crippen molar-refractivity contribution in [3.8, 4) is 11.5 Å². The molecule has 0 aliphatic rings. The summed E-state index contributed by atoms with van der Waals surface area (Å²) in [5.74, 6) is 0.677. The molecule has 0 atom stereocenters. The van der Waals surface area contributed by atoms with Gasteiger partial charge in [-0.05, 0) is 25.1 Å². The molecule has 0 amide bonds. The normalized spacial score (nSPS) is 10.5. The topological polar surface area (TPSA) is 52.0 Å². The lowest BCUT2D eigenvalue weighted by Crippen LogP contribution is -2.02. The lowest BCUT2D eigenvalue weighted by Gasteiger charge is -1.98. The highest BCUT2D eigenvalue weighted by molar-refractivity contribution is 5.58. The van der Waals surface area contributed by atoms with E-state index >= 15 is 0 Å². The number of nitrogens with zero attached hydrogens (tertiary/aromatic N) is 1. The van der Waals surface area contributed by atoms with E-state index in [0.717, 1.165) is 17.7 Å². The first-order valence-electron chi connectivity index (χ1n) is 5.01. The summed E-state index contributed by atoms with van der Waals surface area (Å²) in [7, 11) is 0. The van der Waals surface area contributed by atoms with Gasteiger partial charge < -0.3 is 10.2 Å². The van der Waals surface area contributed by atoms with Crippen molar-refractivity contribution in [3.63, 3.8) is 0 Å². The molecule has 3 heteroatoms. The maximum atomic E-state index is 5.46. The Labute approximate surface area is 88.9 Å². The van der Waals surface area contributed by atoms with Crippen LogP contribution in [0.2, 0.25) is 0 Å². The van der Waals surface area contributed by atoms with Crippen molar-refractivity contribution in [3.05, 3.63) is 41.8 Å². The van der Waals surface area contributed by atoms with Crippen molar-refractivity contribution >= 4 is 0 Å². The van der Waals surface area contributed by atoms with E-state index in [9.17, 15) is 0 Å². The highest BCUT2D eigenvalue weighted by Crippen LogP contribution is 2.22. The molecule has 0 radical (unpaired) electrons. The van der Waals surface area contributed by atoms with Crippen LogP contribution in [-0.4, -0.2) is 11.5 Å². The Morgan fingerprint density at radius 1 is 1.33 bits per heavy atom. The Bertz CT molecular complexity index is 448. The maximum Gasteiger partial charge on any atom is 0.226 e. The first-order chi connectivity index (χ1) is 7.31. The molecule has 3 nitrogen and oxygen atoms in total. The van der Waals surface area contributed by atoms with E-state index in [-0.39, 0.29) is 0 Å². The monoisotopic (exact) mass is 202 g/mol. The van der Waals surface area contributed by atoms with Crippen molar-refractivity contribution in [2.45, 2.75) is 13.3 Å². The first kappa shape index (κ1) is 9.93. The maximum absolute atomic E-state index is 5.46. The summed E-state index contributed by atoms with van der Waals surface area (Å²) in [5, 5.41) is 0. The van der Waals surface area contributed by atoms with E-state index in [0.29, 0.717) is 12.4 Å². The first-order valence-corrected chi connectivity index (χ1v) is 5.01. The molecule has 0 unspecified atom stereocenters. The SMILES string of the molecule is Cc1ccccc1-c1nc(CCN)co1. The smallest absolute Gasteiger partial charge is 0.226 e. The van der Waals surface area contributed by atoms with Gasteiger partial charge in [-0.15, -0.1) is 0 Å². The van der Waals surface area contributed by atoms with Crippen molar-refractivity contribution < 1.29 is 4.42 Å². The van der Waals surface area contributed by atoms with Crippen molar-refractivity contribution in [1.29, 1.82) is 0 Å². The van der Waals surface area contributed by atoms with Crippen LogP contribution in [0.15, 0.2) is 34.9 Å². The molecule has 1 aromatic heterocycles. The summed E-state index contributed by atoms with van der Waals surface area (Å²) in [6, 6.07) is 8.03. The van der Waals surface area contributed by atoms with Crippen molar-refractivity contribution in [2.75, 3.05) is 6.54 Å². The molecule has 2 N–H and O–H groups in total. The lowest BCUT2D eigenvalue weighted by atomic mass is 10.1. The van der Waals surface area contributed by atoms with E-state index in [4.69, 9.17) is 10.2 Å². The van der Waals surface area contributed by atoms with Gasteiger partial charge in [-0.2, -0.15) is 0 Å². The molecule has 1 aromatic carbocycles. The van der Waals surface area contributed by atoms with Gasteiger partial charge in [0, 0.05) is 12.0 Å². The van der Waals surface area contributed by atoms with Crippen LogP contribution in [-0.2, 0) is 6.42 Å². The minimum Gasteiger partial charge on any atom is -0.444 e. The second-order valence-corrected chi connectivity index (χ2v) is 3.50. The zero-order valence-electron chi connectivity index (χ0n) is 8.73. The fraction of sp³-hybridized carbons (Fsp3) is 0.250. The third kappa shape index (κ3) is 2.07. The third-order valence-corrected chi connectivity index (χ3v) is 2.33. The molecular weight excluding hydrogens is 188 g/mol. The van der Waals surface area contributed by atoms with E-state index < -0.39 is 0 Å². The van der Waals surface area contributed by atoms with Gasteiger partial charge >= 0.3 is 0 Å². The average molecular weight is 202 g/mol. The number of aryl methyl sites for hydroxylation is 1. The van der Waals surface area contributed by atoms with Crippen LogP contribution in [0.3, 0.4) is 0 Å². The van der Waals surface area contributed by atoms with Gasteiger partial charge in [-0.25, -0.2) is 4.98 Å². The van der Waals surface area contributed by atoms with E-state index in [2.05, 4.69) is 4.98 Å². The molecule has 0 saturated carbocycles. The van der Waals surface area contributed by atoms with Gasteiger partial charge in [-0.1, -0.05) is 18.2 Å². The van der Waals surface area contributed by atoms with Crippen LogP contribution >= 0.6 is 0 Å². The average Bonchev–Trinajstić information content (AvgIpc) is 2.68. The summed E-state index contributed by atoms with van der Waals surface area (Å²) < 4.78 is 5.42. The zero-order chi connectivity index (χ0) is 10.7. The summed E-state index contributed by atoms with van der Waals surface area (Å²) in [4.78, 5) is 4.38. The number of nitrogens with two attached hydrogens (primary N) is 1. The van der Waals surface area contributed by atoms with Gasteiger partial charge in [0.05, 0.1) is 5.69 Å². The number of benzene rings is 1. The molecule has 2 aromatic rings. The van der Waals surface area contributed by atoms with Crippen LogP contribution < -0.4 is 5.73 Å². The van der Waals surface area contributed by atoms with Crippen LogP contribution in [0.1, 0.15) is 11.3 Å². The van der Waals surface area contributed by atoms with Gasteiger partial charge in [0.25, 0.3) is 0 Å². The van der Waals surface area contributed by atoms with E-state index in [1.807, 2.05) is 31.2 Å². The molecule has 0 bridgehead atoms. The summed E-state index contributed by atoms with van der Waals surface area (Å²) >= 11 is 0. The predicted octanol–water partition coefficient (Wildman–Crippen LogP) is 2.15. The Balaban J connectivity index is 2.33. The molecule has 1 heterocycles. The van der Waals surface area contributed by atoms with Gasteiger partial charge in [0.1, 0.15) is 6.26 Å². The van der Waals surface area contributed by atoms with Gasteiger partial charge in [0.15, 0.2) is 0 Å². The molecule has 15 heavy (non-hydrogen) atoms. The standard InChI is InChI=1S/C12H14N2O/c1-9-4-2-3-5-11(9)12-14-10(6-7-13)8-15-12/h2-5,8H,6-7,13H2,1H3.